The highest BCUT2D eigenvalue weighted by Gasteiger charge is 2.14. The topological polar surface area (TPSA) is 73.6 Å². The number of amides is 1. The molecule has 0 aromatic heterocycles. The second-order valence-corrected chi connectivity index (χ2v) is 4.96. The zero-order chi connectivity index (χ0) is 14.2. The fourth-order valence-electron chi connectivity index (χ4n) is 2.11. The Bertz CT molecular complexity index is 414. The van der Waals surface area contributed by atoms with Crippen molar-refractivity contribution < 1.29 is 14.3 Å². The van der Waals surface area contributed by atoms with Gasteiger partial charge in [0.25, 0.3) is 0 Å². The number of nitrogens with one attached hydrogen (secondary N) is 1. The van der Waals surface area contributed by atoms with Gasteiger partial charge in [-0.3, -0.25) is 4.79 Å². The SMILES string of the molecule is Nc1ccc(OCCC(=O)NCC2CCCCO2)cc1. The number of benzene rings is 1. The summed E-state index contributed by atoms with van der Waals surface area (Å²) in [7, 11) is 0. The molecule has 0 bridgehead atoms. The number of carbonyl (C=O) groups excluding carboxylic acids is 1. The molecule has 5 heteroatoms. The maximum atomic E-state index is 11.7. The first-order valence-corrected chi connectivity index (χ1v) is 7.10. The van der Waals surface area contributed by atoms with Crippen molar-refractivity contribution in [3.63, 3.8) is 0 Å². The van der Waals surface area contributed by atoms with Crippen LogP contribution in [0.15, 0.2) is 24.3 Å². The molecule has 5 nitrogen and oxygen atoms in total. The molecule has 1 unspecified atom stereocenters. The third-order valence-electron chi connectivity index (χ3n) is 3.28. The predicted molar refractivity (Wildman–Crippen MR) is 77.6 cm³/mol. The molecule has 0 radical (unpaired) electrons. The maximum absolute atomic E-state index is 11.7. The van der Waals surface area contributed by atoms with Crippen LogP contribution in [0.4, 0.5) is 5.69 Å². The Morgan fingerprint density at radius 2 is 2.15 bits per heavy atom. The summed E-state index contributed by atoms with van der Waals surface area (Å²) in [4.78, 5) is 11.7. The van der Waals surface area contributed by atoms with Crippen molar-refractivity contribution in [2.45, 2.75) is 31.8 Å². The molecule has 1 aliphatic rings. The van der Waals surface area contributed by atoms with Crippen molar-refractivity contribution in [1.82, 2.24) is 5.32 Å². The van der Waals surface area contributed by atoms with Gasteiger partial charge in [-0.2, -0.15) is 0 Å². The number of rotatable bonds is 6. The van der Waals surface area contributed by atoms with E-state index in [0.29, 0.717) is 25.3 Å². The first-order valence-electron chi connectivity index (χ1n) is 7.10. The van der Waals surface area contributed by atoms with Crippen LogP contribution in [0.1, 0.15) is 25.7 Å². The normalized spacial score (nSPS) is 18.5. The van der Waals surface area contributed by atoms with Crippen molar-refractivity contribution in [1.29, 1.82) is 0 Å². The van der Waals surface area contributed by atoms with Crippen LogP contribution >= 0.6 is 0 Å². The van der Waals surface area contributed by atoms with Gasteiger partial charge in [-0.05, 0) is 43.5 Å². The van der Waals surface area contributed by atoms with Gasteiger partial charge in [-0.15, -0.1) is 0 Å². The Hall–Kier alpha value is -1.75. The lowest BCUT2D eigenvalue weighted by atomic mass is 10.1. The minimum atomic E-state index is -0.00498. The third kappa shape index (κ3) is 5.09. The third-order valence-corrected chi connectivity index (χ3v) is 3.28. The van der Waals surface area contributed by atoms with Crippen LogP contribution in [-0.2, 0) is 9.53 Å². The highest BCUT2D eigenvalue weighted by molar-refractivity contribution is 5.76. The summed E-state index contributed by atoms with van der Waals surface area (Å²) in [6, 6.07) is 7.14. The van der Waals surface area contributed by atoms with Crippen LogP contribution in [0.3, 0.4) is 0 Å². The van der Waals surface area contributed by atoms with Gasteiger partial charge in [0.2, 0.25) is 5.91 Å². The highest BCUT2D eigenvalue weighted by atomic mass is 16.5. The molecule has 1 saturated heterocycles. The number of carbonyl (C=O) groups is 1. The van der Waals surface area contributed by atoms with Crippen LogP contribution in [0.2, 0.25) is 0 Å². The lowest BCUT2D eigenvalue weighted by Gasteiger charge is -2.22. The van der Waals surface area contributed by atoms with E-state index >= 15 is 0 Å². The zero-order valence-corrected chi connectivity index (χ0v) is 11.6. The predicted octanol–water partition coefficient (Wildman–Crippen LogP) is 1.72. The number of hydrogen-bond donors (Lipinski definition) is 2. The van der Waals surface area contributed by atoms with E-state index in [1.807, 2.05) is 0 Å². The van der Waals surface area contributed by atoms with Crippen molar-refractivity contribution in [2.24, 2.45) is 0 Å². The summed E-state index contributed by atoms with van der Waals surface area (Å²) >= 11 is 0. The van der Waals surface area contributed by atoms with Gasteiger partial charge in [-0.1, -0.05) is 0 Å². The Morgan fingerprint density at radius 3 is 2.85 bits per heavy atom. The van der Waals surface area contributed by atoms with Gasteiger partial charge in [0.1, 0.15) is 5.75 Å². The Labute approximate surface area is 119 Å². The van der Waals surface area contributed by atoms with Crippen LogP contribution < -0.4 is 15.8 Å². The van der Waals surface area contributed by atoms with E-state index in [2.05, 4.69) is 5.32 Å². The molecule has 2 rings (SSSR count). The Morgan fingerprint density at radius 1 is 1.35 bits per heavy atom. The molecule has 1 aromatic carbocycles. The van der Waals surface area contributed by atoms with Gasteiger partial charge in [-0.25, -0.2) is 0 Å². The molecule has 0 spiro atoms. The molecule has 0 aliphatic carbocycles. The highest BCUT2D eigenvalue weighted by Crippen LogP contribution is 2.13. The Kier molecular flexibility index (Phi) is 5.68. The van der Waals surface area contributed by atoms with Gasteiger partial charge >= 0.3 is 0 Å². The summed E-state index contributed by atoms with van der Waals surface area (Å²) in [5.41, 5.74) is 6.28. The number of nitrogens with two attached hydrogens (primary N) is 1. The summed E-state index contributed by atoms with van der Waals surface area (Å²) < 4.78 is 11.0. The molecule has 3 N–H and O–H groups in total. The molecule has 0 saturated carbocycles. The largest absolute Gasteiger partial charge is 0.493 e. The average Bonchev–Trinajstić information content (AvgIpc) is 2.48. The summed E-state index contributed by atoms with van der Waals surface area (Å²) in [5.74, 6) is 0.720. The van der Waals surface area contributed by atoms with Crippen LogP contribution in [0.5, 0.6) is 5.75 Å². The standard InChI is InChI=1S/C15H22N2O3/c16-12-4-6-13(7-5-12)20-10-8-15(18)17-11-14-3-1-2-9-19-14/h4-7,14H,1-3,8-11,16H2,(H,17,18). The van der Waals surface area contributed by atoms with Crippen molar-refractivity contribution in [3.8, 4) is 5.75 Å². The first-order chi connectivity index (χ1) is 9.74. The van der Waals surface area contributed by atoms with Gasteiger partial charge in [0.15, 0.2) is 0 Å². The maximum Gasteiger partial charge on any atom is 0.223 e. The number of nitrogen functional groups attached to an aromatic ring is 1. The van der Waals surface area contributed by atoms with Crippen molar-refractivity contribution in [2.75, 3.05) is 25.5 Å². The molecule has 1 fully saturated rings. The van der Waals surface area contributed by atoms with Crippen molar-refractivity contribution >= 4 is 11.6 Å². The summed E-state index contributed by atoms with van der Waals surface area (Å²) in [6.45, 7) is 1.77. The lowest BCUT2D eigenvalue weighted by molar-refractivity contribution is -0.122. The zero-order valence-electron chi connectivity index (χ0n) is 11.6. The van der Waals surface area contributed by atoms with Crippen molar-refractivity contribution in [3.05, 3.63) is 24.3 Å². The second-order valence-electron chi connectivity index (χ2n) is 4.96. The van der Waals surface area contributed by atoms with E-state index < -0.39 is 0 Å². The first kappa shape index (κ1) is 14.7. The summed E-state index contributed by atoms with van der Waals surface area (Å²) in [6.07, 6.45) is 3.85. The molecule has 1 amide bonds. The van der Waals surface area contributed by atoms with Crippen LogP contribution in [0.25, 0.3) is 0 Å². The molecule has 1 atom stereocenters. The second kappa shape index (κ2) is 7.75. The van der Waals surface area contributed by atoms with Crippen LogP contribution in [0, 0.1) is 0 Å². The van der Waals surface area contributed by atoms with E-state index in [1.54, 1.807) is 24.3 Å². The number of hydrogen-bond acceptors (Lipinski definition) is 4. The number of anilines is 1. The van der Waals surface area contributed by atoms with E-state index in [4.69, 9.17) is 15.2 Å². The Balaban J connectivity index is 1.58. The molecule has 20 heavy (non-hydrogen) atoms. The fourth-order valence-corrected chi connectivity index (χ4v) is 2.11. The summed E-state index contributed by atoms with van der Waals surface area (Å²) in [5, 5.41) is 2.88. The van der Waals surface area contributed by atoms with E-state index in [9.17, 15) is 4.79 Å². The molecule has 110 valence electrons. The minimum Gasteiger partial charge on any atom is -0.493 e. The van der Waals surface area contributed by atoms with Gasteiger partial charge in [0.05, 0.1) is 19.1 Å². The quantitative estimate of drug-likeness (QED) is 0.777. The van der Waals surface area contributed by atoms with Gasteiger partial charge in [0, 0.05) is 18.8 Å². The molecular formula is C15H22N2O3. The smallest absolute Gasteiger partial charge is 0.223 e. The monoisotopic (exact) mass is 278 g/mol. The van der Waals surface area contributed by atoms with E-state index in [0.717, 1.165) is 25.2 Å². The molecule has 1 heterocycles. The average molecular weight is 278 g/mol. The molecule has 1 aromatic rings. The lowest BCUT2D eigenvalue weighted by Crippen LogP contribution is -2.35. The number of ether oxygens (including phenoxy) is 2. The molecule has 1 aliphatic heterocycles. The van der Waals surface area contributed by atoms with E-state index in [1.165, 1.54) is 6.42 Å². The van der Waals surface area contributed by atoms with Crippen LogP contribution in [-0.4, -0.2) is 31.8 Å². The van der Waals surface area contributed by atoms with Gasteiger partial charge < -0.3 is 20.5 Å². The van der Waals surface area contributed by atoms with E-state index in [-0.39, 0.29) is 12.0 Å². The molecular weight excluding hydrogens is 256 g/mol. The minimum absolute atomic E-state index is 0.00498. The fraction of sp³-hybridized carbons (Fsp3) is 0.533.